The molecule has 2 aromatic rings. The lowest BCUT2D eigenvalue weighted by atomic mass is 9.89. The van der Waals surface area contributed by atoms with E-state index in [9.17, 15) is 19.5 Å². The van der Waals surface area contributed by atoms with Crippen molar-refractivity contribution in [2.24, 2.45) is 11.3 Å². The van der Waals surface area contributed by atoms with E-state index >= 15 is 0 Å². The molecule has 34 heavy (non-hydrogen) atoms. The molecule has 2 fully saturated rings. The summed E-state index contributed by atoms with van der Waals surface area (Å²) in [6.07, 6.45) is 1.46. The van der Waals surface area contributed by atoms with Gasteiger partial charge in [0.1, 0.15) is 12.1 Å². The van der Waals surface area contributed by atoms with Gasteiger partial charge in [0, 0.05) is 19.0 Å². The van der Waals surface area contributed by atoms with Crippen LogP contribution < -0.4 is 5.32 Å². The van der Waals surface area contributed by atoms with Crippen LogP contribution in [0.5, 0.6) is 0 Å². The highest BCUT2D eigenvalue weighted by atomic mass is 16.5. The lowest BCUT2D eigenvalue weighted by Gasteiger charge is -2.37. The van der Waals surface area contributed by atoms with Gasteiger partial charge in [-0.2, -0.15) is 0 Å². The van der Waals surface area contributed by atoms with Crippen LogP contribution in [-0.4, -0.2) is 53.2 Å². The Kier molecular flexibility index (Phi) is 5.38. The Morgan fingerprint density at radius 1 is 1.03 bits per heavy atom. The monoisotopic (exact) mass is 462 g/mol. The zero-order chi connectivity index (χ0) is 24.1. The molecule has 3 aliphatic rings. The van der Waals surface area contributed by atoms with Gasteiger partial charge in [-0.25, -0.2) is 4.79 Å². The summed E-state index contributed by atoms with van der Waals surface area (Å²) >= 11 is 0. The van der Waals surface area contributed by atoms with Gasteiger partial charge in [0.15, 0.2) is 0 Å². The number of carboxylic acids is 1. The SMILES string of the molecule is CC(C)(NC(=O)OCC1c2ccccc2-c2ccccc21)C(=O)N1CCC2(CC1)CC2C(=O)O. The van der Waals surface area contributed by atoms with Gasteiger partial charge in [-0.15, -0.1) is 0 Å². The van der Waals surface area contributed by atoms with Gasteiger partial charge >= 0.3 is 12.1 Å². The number of nitrogens with zero attached hydrogens (tertiary/aromatic N) is 1. The van der Waals surface area contributed by atoms with Gasteiger partial charge in [0.05, 0.1) is 5.92 Å². The van der Waals surface area contributed by atoms with Crippen LogP contribution in [0.4, 0.5) is 4.79 Å². The van der Waals surface area contributed by atoms with Gasteiger partial charge < -0.3 is 20.1 Å². The standard InChI is InChI=1S/C27H30N2O5/c1-26(2,24(32)29-13-11-27(12-14-29)15-22(27)23(30)31)28-25(33)34-16-21-19-9-5-3-7-17(19)18-8-4-6-10-20(18)21/h3-10,21-22H,11-16H2,1-2H3,(H,28,33)(H,30,31). The number of hydrogen-bond acceptors (Lipinski definition) is 4. The number of nitrogens with one attached hydrogen (secondary N) is 1. The van der Waals surface area contributed by atoms with Crippen LogP contribution in [0.1, 0.15) is 50.2 Å². The Labute approximate surface area is 199 Å². The number of benzene rings is 2. The normalized spacial score (nSPS) is 20.4. The second-order valence-corrected chi connectivity index (χ2v) is 10.3. The first-order valence-corrected chi connectivity index (χ1v) is 11.9. The van der Waals surface area contributed by atoms with Crippen LogP contribution in [0.15, 0.2) is 48.5 Å². The number of hydrogen-bond donors (Lipinski definition) is 2. The Morgan fingerprint density at radius 2 is 1.59 bits per heavy atom. The van der Waals surface area contributed by atoms with Gasteiger partial charge in [0.25, 0.3) is 0 Å². The molecule has 5 rings (SSSR count). The van der Waals surface area contributed by atoms with Crippen LogP contribution in [0.3, 0.4) is 0 Å². The molecule has 1 atom stereocenters. The molecular formula is C27H30N2O5. The van der Waals surface area contributed by atoms with Crippen LogP contribution in [0.25, 0.3) is 11.1 Å². The lowest BCUT2D eigenvalue weighted by Crippen LogP contribution is -2.57. The average molecular weight is 463 g/mol. The highest BCUT2D eigenvalue weighted by Crippen LogP contribution is 2.59. The van der Waals surface area contributed by atoms with Crippen LogP contribution in [-0.2, 0) is 14.3 Å². The maximum atomic E-state index is 13.1. The fourth-order valence-electron chi connectivity index (χ4n) is 5.74. The molecule has 2 N–H and O–H groups in total. The molecule has 7 nitrogen and oxygen atoms in total. The van der Waals surface area contributed by atoms with E-state index < -0.39 is 17.6 Å². The van der Waals surface area contributed by atoms with Crippen molar-refractivity contribution >= 4 is 18.0 Å². The van der Waals surface area contributed by atoms with Crippen LogP contribution >= 0.6 is 0 Å². The summed E-state index contributed by atoms with van der Waals surface area (Å²) in [6, 6.07) is 16.3. The number of amides is 2. The van der Waals surface area contributed by atoms with E-state index in [4.69, 9.17) is 4.74 Å². The highest BCUT2D eigenvalue weighted by Gasteiger charge is 2.59. The first-order valence-electron chi connectivity index (χ1n) is 11.9. The molecule has 0 bridgehead atoms. The molecule has 0 radical (unpaired) electrons. The van der Waals surface area contributed by atoms with E-state index in [2.05, 4.69) is 29.6 Å². The summed E-state index contributed by atoms with van der Waals surface area (Å²) in [5.74, 6) is -1.24. The largest absolute Gasteiger partial charge is 0.481 e. The maximum Gasteiger partial charge on any atom is 0.408 e. The van der Waals surface area contributed by atoms with E-state index in [1.807, 2.05) is 24.3 Å². The summed E-state index contributed by atoms with van der Waals surface area (Å²) in [6.45, 7) is 4.57. The Morgan fingerprint density at radius 3 is 2.12 bits per heavy atom. The summed E-state index contributed by atoms with van der Waals surface area (Å²) in [5, 5.41) is 12.0. The van der Waals surface area contributed by atoms with Crippen molar-refractivity contribution in [2.75, 3.05) is 19.7 Å². The van der Waals surface area contributed by atoms with Gasteiger partial charge in [-0.05, 0) is 60.8 Å². The van der Waals surface area contributed by atoms with E-state index in [1.165, 1.54) is 0 Å². The maximum absolute atomic E-state index is 13.1. The van der Waals surface area contributed by atoms with E-state index in [-0.39, 0.29) is 29.8 Å². The van der Waals surface area contributed by atoms with Crippen molar-refractivity contribution in [1.82, 2.24) is 10.2 Å². The number of piperidine rings is 1. The first kappa shape index (κ1) is 22.4. The third-order valence-electron chi connectivity index (χ3n) is 7.83. The molecule has 7 heteroatoms. The van der Waals surface area contributed by atoms with Crippen molar-refractivity contribution < 1.29 is 24.2 Å². The van der Waals surface area contributed by atoms with Crippen molar-refractivity contribution in [1.29, 1.82) is 0 Å². The number of carbonyl (C=O) groups excluding carboxylic acids is 2. The lowest BCUT2D eigenvalue weighted by molar-refractivity contribution is -0.140. The summed E-state index contributed by atoms with van der Waals surface area (Å²) < 4.78 is 5.61. The van der Waals surface area contributed by atoms with E-state index in [1.54, 1.807) is 18.7 Å². The molecule has 1 saturated carbocycles. The van der Waals surface area contributed by atoms with Crippen LogP contribution in [0.2, 0.25) is 0 Å². The predicted molar refractivity (Wildman–Crippen MR) is 126 cm³/mol. The fraction of sp³-hybridized carbons (Fsp3) is 0.444. The second kappa shape index (κ2) is 8.15. The van der Waals surface area contributed by atoms with Crippen LogP contribution in [0, 0.1) is 11.3 Å². The minimum atomic E-state index is -1.12. The smallest absolute Gasteiger partial charge is 0.408 e. The fourth-order valence-corrected chi connectivity index (χ4v) is 5.74. The average Bonchev–Trinajstić information content (AvgIpc) is 3.43. The number of ether oxygens (including phenoxy) is 1. The number of likely N-dealkylation sites (tertiary alicyclic amines) is 1. The van der Waals surface area contributed by atoms with Crippen molar-refractivity contribution in [3.63, 3.8) is 0 Å². The molecule has 2 aliphatic carbocycles. The highest BCUT2D eigenvalue weighted by molar-refractivity contribution is 5.89. The molecule has 1 unspecified atom stereocenters. The molecule has 1 heterocycles. The number of rotatable bonds is 5. The molecule has 178 valence electrons. The Bertz CT molecular complexity index is 1100. The topological polar surface area (TPSA) is 95.9 Å². The number of carboxylic acid groups (broad SMARTS) is 1. The molecule has 1 spiro atoms. The predicted octanol–water partition coefficient (Wildman–Crippen LogP) is 4.02. The zero-order valence-corrected chi connectivity index (χ0v) is 19.5. The molecule has 2 amide bonds. The number of carbonyl (C=O) groups is 3. The molecule has 0 aromatic heterocycles. The zero-order valence-electron chi connectivity index (χ0n) is 19.5. The number of alkyl carbamates (subject to hydrolysis) is 1. The summed E-state index contributed by atoms with van der Waals surface area (Å²) in [5.41, 5.74) is 3.32. The molecule has 1 saturated heterocycles. The minimum Gasteiger partial charge on any atom is -0.481 e. The molecule has 2 aromatic carbocycles. The first-order chi connectivity index (χ1) is 16.2. The second-order valence-electron chi connectivity index (χ2n) is 10.3. The van der Waals surface area contributed by atoms with Crippen molar-refractivity contribution in [3.8, 4) is 11.1 Å². The van der Waals surface area contributed by atoms with Crippen molar-refractivity contribution in [3.05, 3.63) is 59.7 Å². The number of aliphatic carboxylic acids is 1. The molecule has 1 aliphatic heterocycles. The Hall–Kier alpha value is -3.35. The van der Waals surface area contributed by atoms with Gasteiger partial charge in [-0.3, -0.25) is 9.59 Å². The number of fused-ring (bicyclic) bond motifs is 3. The minimum absolute atomic E-state index is 0.0454. The Balaban J connectivity index is 1.18. The van der Waals surface area contributed by atoms with E-state index in [0.29, 0.717) is 32.4 Å². The molecular weight excluding hydrogens is 432 g/mol. The van der Waals surface area contributed by atoms with Crippen molar-refractivity contribution in [2.45, 2.75) is 44.6 Å². The third-order valence-corrected chi connectivity index (χ3v) is 7.83. The van der Waals surface area contributed by atoms with Gasteiger partial charge in [0.2, 0.25) is 5.91 Å². The van der Waals surface area contributed by atoms with E-state index in [0.717, 1.165) is 22.3 Å². The third kappa shape index (κ3) is 3.83. The van der Waals surface area contributed by atoms with Gasteiger partial charge in [-0.1, -0.05) is 48.5 Å². The quantitative estimate of drug-likeness (QED) is 0.700. The summed E-state index contributed by atoms with van der Waals surface area (Å²) in [7, 11) is 0. The summed E-state index contributed by atoms with van der Waals surface area (Å²) in [4.78, 5) is 38.8.